The van der Waals surface area contributed by atoms with Crippen LogP contribution >= 0.6 is 0 Å². The van der Waals surface area contributed by atoms with E-state index in [1.54, 1.807) is 33.1 Å². The van der Waals surface area contributed by atoms with E-state index in [-0.39, 0.29) is 36.6 Å². The summed E-state index contributed by atoms with van der Waals surface area (Å²) in [6, 6.07) is 4.21. The molecule has 0 radical (unpaired) electrons. The minimum Gasteiger partial charge on any atom is -0.497 e. The van der Waals surface area contributed by atoms with Crippen molar-refractivity contribution in [3.63, 3.8) is 0 Å². The highest BCUT2D eigenvalue weighted by molar-refractivity contribution is 7.89. The number of sulfonamides is 1. The average molecular weight is 539 g/mol. The van der Waals surface area contributed by atoms with Gasteiger partial charge in [0.15, 0.2) is 0 Å². The first-order valence-corrected chi connectivity index (χ1v) is 14.9. The van der Waals surface area contributed by atoms with Gasteiger partial charge in [-0.05, 0) is 69.3 Å². The number of hydrogen-bond acceptors (Lipinski definition) is 7. The fourth-order valence-electron chi connectivity index (χ4n) is 5.64. The summed E-state index contributed by atoms with van der Waals surface area (Å²) in [5.41, 5.74) is 1.28. The molecule has 0 bridgehead atoms. The second kappa shape index (κ2) is 13.4. The summed E-state index contributed by atoms with van der Waals surface area (Å²) in [4.78, 5) is 20.1. The molecule has 37 heavy (non-hydrogen) atoms. The van der Waals surface area contributed by atoms with Gasteiger partial charge in [0, 0.05) is 58.9 Å². The van der Waals surface area contributed by atoms with Crippen LogP contribution in [0.5, 0.6) is 5.75 Å². The number of aryl methyl sites for hydroxylation is 2. The quantitative estimate of drug-likeness (QED) is 0.400. The van der Waals surface area contributed by atoms with E-state index in [4.69, 9.17) is 9.47 Å². The lowest BCUT2D eigenvalue weighted by Gasteiger charge is -2.43. The molecule has 1 aliphatic carbocycles. The molecule has 210 valence electrons. The van der Waals surface area contributed by atoms with Gasteiger partial charge >= 0.3 is 0 Å². The maximum Gasteiger partial charge on any atom is 0.248 e. The summed E-state index contributed by atoms with van der Waals surface area (Å²) in [6.45, 7) is 11.6. The molecule has 1 amide bonds. The van der Waals surface area contributed by atoms with Crippen LogP contribution in [-0.2, 0) is 19.6 Å². The number of likely N-dealkylation sites (N-methyl/N-ethyl adjacent to an activating group) is 3. The molecule has 0 N–H and O–H groups in total. The molecule has 1 aromatic rings. The lowest BCUT2D eigenvalue weighted by molar-refractivity contribution is -0.138. The molecular weight excluding hydrogens is 492 g/mol. The molecule has 9 nitrogen and oxygen atoms in total. The molecule has 1 saturated carbocycles. The van der Waals surface area contributed by atoms with Crippen molar-refractivity contribution in [2.75, 3.05) is 73.7 Å². The van der Waals surface area contributed by atoms with Crippen LogP contribution in [0, 0.1) is 13.8 Å². The number of methoxy groups -OCH3 is 1. The fourth-order valence-corrected chi connectivity index (χ4v) is 7.19. The highest BCUT2D eigenvalue weighted by Crippen LogP contribution is 2.28. The van der Waals surface area contributed by atoms with Gasteiger partial charge < -0.3 is 19.3 Å². The first-order chi connectivity index (χ1) is 17.6. The van der Waals surface area contributed by atoms with Crippen molar-refractivity contribution in [3.8, 4) is 5.75 Å². The Hall–Kier alpha value is -1.72. The van der Waals surface area contributed by atoms with Crippen LogP contribution in [0.25, 0.3) is 0 Å². The number of carbonyl (C=O) groups is 1. The Bertz CT molecular complexity index is 987. The predicted molar refractivity (Wildman–Crippen MR) is 146 cm³/mol. The lowest BCUT2D eigenvalue weighted by atomic mass is 9.88. The summed E-state index contributed by atoms with van der Waals surface area (Å²) in [6.07, 6.45) is 4.37. The van der Waals surface area contributed by atoms with Gasteiger partial charge in [-0.1, -0.05) is 6.92 Å². The van der Waals surface area contributed by atoms with Gasteiger partial charge in [0.25, 0.3) is 0 Å². The van der Waals surface area contributed by atoms with Crippen molar-refractivity contribution in [1.82, 2.24) is 19.0 Å². The van der Waals surface area contributed by atoms with Crippen LogP contribution in [0.15, 0.2) is 17.0 Å². The Balaban J connectivity index is 1.46. The molecule has 0 aromatic heterocycles. The summed E-state index contributed by atoms with van der Waals surface area (Å²) in [5, 5.41) is 0. The van der Waals surface area contributed by atoms with Gasteiger partial charge in [-0.25, -0.2) is 8.42 Å². The first-order valence-electron chi connectivity index (χ1n) is 13.5. The Morgan fingerprint density at radius 2 is 1.73 bits per heavy atom. The van der Waals surface area contributed by atoms with Crippen LogP contribution in [0.3, 0.4) is 0 Å². The number of amides is 1. The van der Waals surface area contributed by atoms with Gasteiger partial charge in [-0.2, -0.15) is 4.31 Å². The van der Waals surface area contributed by atoms with Crippen LogP contribution in [-0.4, -0.2) is 119 Å². The van der Waals surface area contributed by atoms with Crippen LogP contribution < -0.4 is 4.74 Å². The normalized spacial score (nSPS) is 21.8. The zero-order chi connectivity index (χ0) is 27.2. The number of rotatable bonds is 11. The summed E-state index contributed by atoms with van der Waals surface area (Å²) in [7, 11) is 1.29. The van der Waals surface area contributed by atoms with Crippen molar-refractivity contribution in [3.05, 3.63) is 23.3 Å². The molecule has 1 aliphatic heterocycles. The standard InChI is InChI=1S/C27H46N4O5S/c1-7-30-11-13-31(14-12-30)24-10-8-9-23(19-24)29(5)26(32)20-36-16-15-28(4)37(33,34)27-21(2)17-25(35-6)18-22(27)3/h17-18,23-24H,7-16,19-20H2,1-6H3/t23-,24?/m1/s1. The summed E-state index contributed by atoms with van der Waals surface area (Å²) >= 11 is 0. The number of carbonyl (C=O) groups excluding carboxylic acids is 1. The third-order valence-electron chi connectivity index (χ3n) is 8.04. The number of benzene rings is 1. The van der Waals surface area contributed by atoms with Crippen molar-refractivity contribution >= 4 is 15.9 Å². The van der Waals surface area contributed by atoms with Crippen LogP contribution in [0.2, 0.25) is 0 Å². The maximum atomic E-state index is 13.2. The summed E-state index contributed by atoms with van der Waals surface area (Å²) < 4.78 is 38.5. The molecule has 2 atom stereocenters. The summed E-state index contributed by atoms with van der Waals surface area (Å²) in [5.74, 6) is 0.583. The molecule has 10 heteroatoms. The second-order valence-corrected chi connectivity index (χ2v) is 12.4. The molecule has 1 aromatic carbocycles. The van der Waals surface area contributed by atoms with Crippen LogP contribution in [0.4, 0.5) is 0 Å². The molecule has 2 aliphatic rings. The number of hydrogen-bond donors (Lipinski definition) is 0. The van der Waals surface area contributed by atoms with E-state index in [9.17, 15) is 13.2 Å². The Morgan fingerprint density at radius 1 is 1.08 bits per heavy atom. The van der Waals surface area contributed by atoms with E-state index in [2.05, 4.69) is 16.7 Å². The number of ether oxygens (including phenoxy) is 2. The number of piperazine rings is 1. The largest absolute Gasteiger partial charge is 0.497 e. The van der Waals surface area contributed by atoms with E-state index < -0.39 is 10.0 Å². The zero-order valence-electron chi connectivity index (χ0n) is 23.5. The van der Waals surface area contributed by atoms with Gasteiger partial charge in [0.2, 0.25) is 15.9 Å². The Labute approximate surface area is 223 Å². The van der Waals surface area contributed by atoms with Gasteiger partial charge in [-0.3, -0.25) is 9.69 Å². The topological polar surface area (TPSA) is 82.6 Å². The fraction of sp³-hybridized carbons (Fsp3) is 0.741. The average Bonchev–Trinajstić information content (AvgIpc) is 2.89. The maximum absolute atomic E-state index is 13.2. The molecule has 0 spiro atoms. The van der Waals surface area contributed by atoms with E-state index in [1.165, 1.54) is 17.8 Å². The van der Waals surface area contributed by atoms with E-state index in [0.29, 0.717) is 22.9 Å². The predicted octanol–water partition coefficient (Wildman–Crippen LogP) is 2.36. The Kier molecular flexibility index (Phi) is 10.8. The third kappa shape index (κ3) is 7.44. The first kappa shape index (κ1) is 29.8. The third-order valence-corrected chi connectivity index (χ3v) is 10.2. The zero-order valence-corrected chi connectivity index (χ0v) is 24.3. The van der Waals surface area contributed by atoms with Crippen molar-refractivity contribution in [2.45, 2.75) is 63.4 Å². The van der Waals surface area contributed by atoms with Gasteiger partial charge in [0.1, 0.15) is 12.4 Å². The monoisotopic (exact) mass is 538 g/mol. The minimum atomic E-state index is -3.69. The number of nitrogens with zero attached hydrogens (tertiary/aromatic N) is 4. The molecular formula is C27H46N4O5S. The molecule has 2 fully saturated rings. The molecule has 1 unspecified atom stereocenters. The van der Waals surface area contributed by atoms with Gasteiger partial charge in [-0.15, -0.1) is 0 Å². The van der Waals surface area contributed by atoms with E-state index in [0.717, 1.165) is 52.0 Å². The SMILES string of the molecule is CCN1CCN(C2CCC[C@@H](N(C)C(=O)COCCN(C)S(=O)(=O)c3c(C)cc(OC)cc3C)C2)CC1. The van der Waals surface area contributed by atoms with Gasteiger partial charge in [0.05, 0.1) is 18.6 Å². The smallest absolute Gasteiger partial charge is 0.248 e. The van der Waals surface area contributed by atoms with Crippen molar-refractivity contribution < 1.29 is 22.7 Å². The highest BCUT2D eigenvalue weighted by Gasteiger charge is 2.32. The Morgan fingerprint density at radius 3 is 2.32 bits per heavy atom. The highest BCUT2D eigenvalue weighted by atomic mass is 32.2. The molecule has 1 saturated heterocycles. The van der Waals surface area contributed by atoms with E-state index >= 15 is 0 Å². The van der Waals surface area contributed by atoms with Crippen molar-refractivity contribution in [1.29, 1.82) is 0 Å². The molecule has 1 heterocycles. The second-order valence-electron chi connectivity index (χ2n) is 10.4. The minimum absolute atomic E-state index is 0.0404. The molecule has 3 rings (SSSR count). The lowest BCUT2D eigenvalue weighted by Crippen LogP contribution is -2.53. The van der Waals surface area contributed by atoms with Crippen molar-refractivity contribution in [2.24, 2.45) is 0 Å². The van der Waals surface area contributed by atoms with Crippen LogP contribution in [0.1, 0.15) is 43.7 Å². The van der Waals surface area contributed by atoms with E-state index in [1.807, 2.05) is 11.9 Å².